The minimum Gasteiger partial charge on any atom is -0.496 e. The molecular formula is C12H14N2OS. The molecule has 0 unspecified atom stereocenters. The average molecular weight is 234 g/mol. The van der Waals surface area contributed by atoms with E-state index in [2.05, 4.69) is 16.4 Å². The fourth-order valence-electron chi connectivity index (χ4n) is 1.52. The standard InChI is InChI=1S/C12H14N2OS/c1-13-8-12-14-7-11(16-12)9-5-3-4-6-10(9)15-2/h3-7,13H,8H2,1-2H3. The van der Waals surface area contributed by atoms with Crippen LogP contribution in [0.25, 0.3) is 10.4 Å². The van der Waals surface area contributed by atoms with E-state index in [0.717, 1.165) is 27.7 Å². The Morgan fingerprint density at radius 2 is 2.19 bits per heavy atom. The third-order valence-electron chi connectivity index (χ3n) is 2.25. The summed E-state index contributed by atoms with van der Waals surface area (Å²) in [4.78, 5) is 5.50. The van der Waals surface area contributed by atoms with Crippen LogP contribution in [0.2, 0.25) is 0 Å². The Balaban J connectivity index is 2.34. The van der Waals surface area contributed by atoms with Crippen molar-refractivity contribution in [1.29, 1.82) is 0 Å². The van der Waals surface area contributed by atoms with Crippen molar-refractivity contribution in [3.8, 4) is 16.2 Å². The van der Waals surface area contributed by atoms with Gasteiger partial charge >= 0.3 is 0 Å². The second-order valence-corrected chi connectivity index (χ2v) is 4.46. The minimum absolute atomic E-state index is 0.805. The van der Waals surface area contributed by atoms with Gasteiger partial charge in [0.25, 0.3) is 0 Å². The molecule has 0 aliphatic rings. The maximum absolute atomic E-state index is 5.33. The van der Waals surface area contributed by atoms with E-state index in [4.69, 9.17) is 4.74 Å². The van der Waals surface area contributed by atoms with Crippen LogP contribution in [0.1, 0.15) is 5.01 Å². The van der Waals surface area contributed by atoms with Crippen LogP contribution in [0.5, 0.6) is 5.75 Å². The molecule has 0 amide bonds. The molecule has 0 aliphatic carbocycles. The summed E-state index contributed by atoms with van der Waals surface area (Å²) in [6, 6.07) is 8.00. The van der Waals surface area contributed by atoms with Gasteiger partial charge in [0.05, 0.1) is 12.0 Å². The molecule has 4 heteroatoms. The molecule has 1 aromatic carbocycles. The number of hydrogen-bond acceptors (Lipinski definition) is 4. The van der Waals surface area contributed by atoms with E-state index in [1.807, 2.05) is 31.4 Å². The van der Waals surface area contributed by atoms with Crippen LogP contribution in [-0.4, -0.2) is 19.1 Å². The van der Waals surface area contributed by atoms with Gasteiger partial charge < -0.3 is 10.1 Å². The van der Waals surface area contributed by atoms with Gasteiger partial charge in [0.2, 0.25) is 0 Å². The minimum atomic E-state index is 0.805. The highest BCUT2D eigenvalue weighted by molar-refractivity contribution is 7.15. The molecule has 0 saturated heterocycles. The number of ether oxygens (including phenoxy) is 1. The predicted molar refractivity (Wildman–Crippen MR) is 66.9 cm³/mol. The highest BCUT2D eigenvalue weighted by Crippen LogP contribution is 2.33. The Labute approximate surface area is 99.1 Å². The maximum atomic E-state index is 5.33. The van der Waals surface area contributed by atoms with Crippen molar-refractivity contribution in [3.05, 3.63) is 35.5 Å². The molecule has 0 aliphatic heterocycles. The molecule has 0 atom stereocenters. The molecule has 16 heavy (non-hydrogen) atoms. The number of nitrogens with one attached hydrogen (secondary N) is 1. The van der Waals surface area contributed by atoms with Gasteiger partial charge in [-0.25, -0.2) is 4.98 Å². The number of nitrogens with zero attached hydrogens (tertiary/aromatic N) is 1. The summed E-state index contributed by atoms with van der Waals surface area (Å²) >= 11 is 1.69. The zero-order valence-corrected chi connectivity index (χ0v) is 10.2. The molecule has 2 aromatic rings. The van der Waals surface area contributed by atoms with Gasteiger partial charge in [-0.2, -0.15) is 0 Å². The monoisotopic (exact) mass is 234 g/mol. The molecule has 3 nitrogen and oxygen atoms in total. The predicted octanol–water partition coefficient (Wildman–Crippen LogP) is 2.54. The fraction of sp³-hybridized carbons (Fsp3) is 0.250. The Kier molecular flexibility index (Phi) is 3.54. The molecule has 0 radical (unpaired) electrons. The zero-order chi connectivity index (χ0) is 11.4. The SMILES string of the molecule is CNCc1ncc(-c2ccccc2OC)s1. The van der Waals surface area contributed by atoms with E-state index in [-0.39, 0.29) is 0 Å². The fourth-order valence-corrected chi connectivity index (χ4v) is 2.48. The molecule has 1 N–H and O–H groups in total. The summed E-state index contributed by atoms with van der Waals surface area (Å²) in [5.41, 5.74) is 1.10. The van der Waals surface area contributed by atoms with Crippen LogP contribution < -0.4 is 10.1 Å². The lowest BCUT2D eigenvalue weighted by Crippen LogP contribution is -2.03. The van der Waals surface area contributed by atoms with Crippen LogP contribution >= 0.6 is 11.3 Å². The van der Waals surface area contributed by atoms with E-state index in [1.165, 1.54) is 0 Å². The van der Waals surface area contributed by atoms with E-state index < -0.39 is 0 Å². The van der Waals surface area contributed by atoms with Crippen molar-refractivity contribution in [1.82, 2.24) is 10.3 Å². The number of benzene rings is 1. The molecule has 1 aromatic heterocycles. The summed E-state index contributed by atoms with van der Waals surface area (Å²) in [6.45, 7) is 0.805. The molecule has 0 bridgehead atoms. The van der Waals surface area contributed by atoms with Crippen molar-refractivity contribution in [3.63, 3.8) is 0 Å². The molecule has 0 spiro atoms. The first-order valence-electron chi connectivity index (χ1n) is 5.08. The second-order valence-electron chi connectivity index (χ2n) is 3.35. The molecule has 0 saturated carbocycles. The van der Waals surface area contributed by atoms with E-state index in [0.29, 0.717) is 0 Å². The van der Waals surface area contributed by atoms with Crippen LogP contribution in [0.3, 0.4) is 0 Å². The van der Waals surface area contributed by atoms with Gasteiger partial charge in [0.15, 0.2) is 0 Å². The normalized spacial score (nSPS) is 10.4. The second kappa shape index (κ2) is 5.09. The number of aromatic nitrogens is 1. The van der Waals surface area contributed by atoms with Crippen molar-refractivity contribution in [2.45, 2.75) is 6.54 Å². The molecular weight excluding hydrogens is 220 g/mol. The van der Waals surface area contributed by atoms with Gasteiger partial charge in [-0.15, -0.1) is 11.3 Å². The number of rotatable bonds is 4. The van der Waals surface area contributed by atoms with Crippen molar-refractivity contribution < 1.29 is 4.74 Å². The summed E-state index contributed by atoms with van der Waals surface area (Å²) < 4.78 is 5.33. The Morgan fingerprint density at radius 3 is 2.94 bits per heavy atom. The largest absolute Gasteiger partial charge is 0.496 e. The topological polar surface area (TPSA) is 34.2 Å². The first-order valence-corrected chi connectivity index (χ1v) is 5.89. The van der Waals surface area contributed by atoms with Crippen molar-refractivity contribution in [2.24, 2.45) is 0 Å². The maximum Gasteiger partial charge on any atom is 0.127 e. The Morgan fingerprint density at radius 1 is 1.38 bits per heavy atom. The van der Waals surface area contributed by atoms with Gasteiger partial charge in [-0.05, 0) is 19.2 Å². The van der Waals surface area contributed by atoms with Crippen LogP contribution in [0, 0.1) is 0 Å². The molecule has 2 rings (SSSR count). The van der Waals surface area contributed by atoms with Crippen LogP contribution in [0.15, 0.2) is 30.5 Å². The first-order chi connectivity index (χ1) is 7.85. The van der Waals surface area contributed by atoms with Crippen molar-refractivity contribution >= 4 is 11.3 Å². The Hall–Kier alpha value is -1.39. The van der Waals surface area contributed by atoms with Gasteiger partial charge in [0, 0.05) is 18.3 Å². The van der Waals surface area contributed by atoms with E-state index in [9.17, 15) is 0 Å². The molecule has 1 heterocycles. The van der Waals surface area contributed by atoms with Crippen LogP contribution in [-0.2, 0) is 6.54 Å². The molecule has 0 fully saturated rings. The quantitative estimate of drug-likeness (QED) is 0.882. The smallest absolute Gasteiger partial charge is 0.127 e. The third-order valence-corrected chi connectivity index (χ3v) is 3.28. The summed E-state index contributed by atoms with van der Waals surface area (Å²) in [7, 11) is 3.61. The van der Waals surface area contributed by atoms with E-state index in [1.54, 1.807) is 18.4 Å². The number of hydrogen-bond donors (Lipinski definition) is 1. The van der Waals surface area contributed by atoms with Gasteiger partial charge in [-0.3, -0.25) is 0 Å². The van der Waals surface area contributed by atoms with Crippen LogP contribution in [0.4, 0.5) is 0 Å². The van der Waals surface area contributed by atoms with Crippen molar-refractivity contribution in [2.75, 3.05) is 14.2 Å². The van der Waals surface area contributed by atoms with Gasteiger partial charge in [0.1, 0.15) is 10.8 Å². The number of para-hydroxylation sites is 1. The summed E-state index contributed by atoms with van der Waals surface area (Å²) in [5, 5.41) is 4.18. The summed E-state index contributed by atoms with van der Waals surface area (Å²) in [6.07, 6.45) is 1.90. The lowest BCUT2D eigenvalue weighted by molar-refractivity contribution is 0.416. The van der Waals surface area contributed by atoms with E-state index >= 15 is 0 Å². The zero-order valence-electron chi connectivity index (χ0n) is 9.36. The third kappa shape index (κ3) is 2.23. The number of methoxy groups -OCH3 is 1. The van der Waals surface area contributed by atoms with Gasteiger partial charge in [-0.1, -0.05) is 12.1 Å². The average Bonchev–Trinajstić information content (AvgIpc) is 2.78. The lowest BCUT2D eigenvalue weighted by atomic mass is 10.2. The highest BCUT2D eigenvalue weighted by atomic mass is 32.1. The lowest BCUT2D eigenvalue weighted by Gasteiger charge is -2.04. The first kappa shape index (κ1) is 11.1. The summed E-state index contributed by atoms with van der Waals surface area (Å²) in [5.74, 6) is 0.891. The number of thiazole rings is 1. The molecule has 84 valence electrons. The highest BCUT2D eigenvalue weighted by Gasteiger charge is 2.08. The Bertz CT molecular complexity index is 468.